The molecule has 1 rings (SSSR count). The van der Waals surface area contributed by atoms with Crippen LogP contribution in [-0.2, 0) is 0 Å². The number of hydrogen-bond donors (Lipinski definition) is 1. The van der Waals surface area contributed by atoms with Gasteiger partial charge in [0.25, 0.3) is 5.91 Å². The number of nitrogens with zero attached hydrogens (tertiary/aromatic N) is 1. The minimum absolute atomic E-state index is 0.125. The monoisotopic (exact) mass is 262 g/mol. The van der Waals surface area contributed by atoms with Crippen molar-refractivity contribution in [3.63, 3.8) is 0 Å². The van der Waals surface area contributed by atoms with Crippen LogP contribution in [0.3, 0.4) is 0 Å². The Kier molecular flexibility index (Phi) is 6.40. The molecule has 0 aliphatic heterocycles. The third-order valence-electron chi connectivity index (χ3n) is 3.05. The summed E-state index contributed by atoms with van der Waals surface area (Å²) in [6, 6.07) is 8.08. The quantitative estimate of drug-likeness (QED) is 0.811. The lowest BCUT2D eigenvalue weighted by Gasteiger charge is -2.23. The molecule has 1 amide bonds. The van der Waals surface area contributed by atoms with E-state index in [2.05, 4.69) is 26.1 Å². The fraction of sp³-hybridized carbons (Fsp3) is 0.562. The smallest absolute Gasteiger partial charge is 0.255 e. The van der Waals surface area contributed by atoms with Gasteiger partial charge in [0.2, 0.25) is 0 Å². The maximum absolute atomic E-state index is 12.6. The number of carbonyl (C=O) groups is 1. The number of benzene rings is 1. The number of hydrogen-bond acceptors (Lipinski definition) is 2. The van der Waals surface area contributed by atoms with Crippen LogP contribution in [0.25, 0.3) is 0 Å². The second kappa shape index (κ2) is 7.82. The minimum atomic E-state index is 0.125. The van der Waals surface area contributed by atoms with Crippen LogP contribution in [-0.4, -0.2) is 29.9 Å². The number of unbranched alkanes of at least 4 members (excludes halogenated alkanes) is 1. The molecule has 19 heavy (non-hydrogen) atoms. The maximum Gasteiger partial charge on any atom is 0.255 e. The average molecular weight is 262 g/mol. The number of rotatable bonds is 7. The molecule has 1 aromatic rings. The predicted octanol–water partition coefficient (Wildman–Crippen LogP) is 3.77. The number of anilines is 1. The lowest BCUT2D eigenvalue weighted by atomic mass is 10.1. The van der Waals surface area contributed by atoms with E-state index in [0.717, 1.165) is 37.2 Å². The first-order valence-corrected chi connectivity index (χ1v) is 7.25. The summed E-state index contributed by atoms with van der Waals surface area (Å²) in [6.07, 6.45) is 2.16. The van der Waals surface area contributed by atoms with Gasteiger partial charge < -0.3 is 10.2 Å². The molecule has 0 aliphatic rings. The fourth-order valence-corrected chi connectivity index (χ4v) is 2.03. The summed E-state index contributed by atoms with van der Waals surface area (Å²) in [7, 11) is 0. The normalized spacial score (nSPS) is 10.6. The number of amides is 1. The largest absolute Gasteiger partial charge is 0.382 e. The Morgan fingerprint density at radius 2 is 1.95 bits per heavy atom. The zero-order valence-electron chi connectivity index (χ0n) is 12.6. The third-order valence-corrected chi connectivity index (χ3v) is 3.05. The van der Waals surface area contributed by atoms with Crippen molar-refractivity contribution in [3.8, 4) is 0 Å². The molecule has 3 heteroatoms. The van der Waals surface area contributed by atoms with Gasteiger partial charge >= 0.3 is 0 Å². The first-order valence-electron chi connectivity index (χ1n) is 7.25. The molecule has 0 heterocycles. The topological polar surface area (TPSA) is 32.3 Å². The molecule has 0 spiro atoms. The first-order chi connectivity index (χ1) is 9.10. The maximum atomic E-state index is 12.6. The van der Waals surface area contributed by atoms with E-state index in [0.29, 0.717) is 6.04 Å². The van der Waals surface area contributed by atoms with E-state index in [1.807, 2.05) is 36.1 Å². The molecular formula is C16H26N2O. The summed E-state index contributed by atoms with van der Waals surface area (Å²) in [5, 5.41) is 3.34. The van der Waals surface area contributed by atoms with Crippen molar-refractivity contribution < 1.29 is 4.79 Å². The molecule has 0 fully saturated rings. The summed E-state index contributed by atoms with van der Waals surface area (Å²) in [5.41, 5.74) is 1.70. The summed E-state index contributed by atoms with van der Waals surface area (Å²) < 4.78 is 0. The van der Waals surface area contributed by atoms with Crippen molar-refractivity contribution in [2.75, 3.05) is 18.4 Å². The highest BCUT2D eigenvalue weighted by molar-refractivity contribution is 5.99. The van der Waals surface area contributed by atoms with Crippen molar-refractivity contribution in [1.82, 2.24) is 4.90 Å². The fourth-order valence-electron chi connectivity index (χ4n) is 2.03. The Balaban J connectivity index is 2.90. The standard InChI is InChI=1S/C16H26N2O/c1-5-7-12-18(6-2)16(19)14-10-8-9-11-15(14)17-13(3)4/h8-11,13,17H,5-7,12H2,1-4H3. The van der Waals surface area contributed by atoms with Crippen LogP contribution in [0, 0.1) is 0 Å². The summed E-state index contributed by atoms with van der Waals surface area (Å²) in [5.74, 6) is 0.125. The van der Waals surface area contributed by atoms with E-state index in [9.17, 15) is 4.79 Å². The minimum Gasteiger partial charge on any atom is -0.382 e. The highest BCUT2D eigenvalue weighted by Gasteiger charge is 2.17. The van der Waals surface area contributed by atoms with Gasteiger partial charge in [-0.05, 0) is 39.3 Å². The SMILES string of the molecule is CCCCN(CC)C(=O)c1ccccc1NC(C)C. The number of carbonyl (C=O) groups excluding carboxylic acids is 1. The Morgan fingerprint density at radius 1 is 1.26 bits per heavy atom. The van der Waals surface area contributed by atoms with Gasteiger partial charge in [0.05, 0.1) is 5.56 Å². The Hall–Kier alpha value is -1.51. The van der Waals surface area contributed by atoms with Gasteiger partial charge in [-0.25, -0.2) is 0 Å². The predicted molar refractivity (Wildman–Crippen MR) is 81.7 cm³/mol. The van der Waals surface area contributed by atoms with Gasteiger partial charge in [-0.15, -0.1) is 0 Å². The summed E-state index contributed by atoms with van der Waals surface area (Å²) in [6.45, 7) is 9.93. The highest BCUT2D eigenvalue weighted by Crippen LogP contribution is 2.18. The molecule has 1 aromatic carbocycles. The molecule has 0 radical (unpaired) electrons. The van der Waals surface area contributed by atoms with Gasteiger partial charge in [-0.1, -0.05) is 25.5 Å². The third kappa shape index (κ3) is 4.58. The summed E-state index contributed by atoms with van der Waals surface area (Å²) in [4.78, 5) is 14.5. The lowest BCUT2D eigenvalue weighted by molar-refractivity contribution is 0.0763. The van der Waals surface area contributed by atoms with Crippen LogP contribution >= 0.6 is 0 Å². The number of para-hydroxylation sites is 1. The van der Waals surface area contributed by atoms with Gasteiger partial charge in [0.15, 0.2) is 0 Å². The Labute approximate surface area is 117 Å². The van der Waals surface area contributed by atoms with Gasteiger partial charge in [0, 0.05) is 24.8 Å². The lowest BCUT2D eigenvalue weighted by Crippen LogP contribution is -2.32. The first kappa shape index (κ1) is 15.5. The highest BCUT2D eigenvalue weighted by atomic mass is 16.2. The van der Waals surface area contributed by atoms with E-state index in [4.69, 9.17) is 0 Å². The van der Waals surface area contributed by atoms with Crippen molar-refractivity contribution in [3.05, 3.63) is 29.8 Å². The van der Waals surface area contributed by atoms with E-state index in [-0.39, 0.29) is 5.91 Å². The zero-order valence-corrected chi connectivity index (χ0v) is 12.6. The van der Waals surface area contributed by atoms with Gasteiger partial charge in [-0.3, -0.25) is 4.79 Å². The van der Waals surface area contributed by atoms with E-state index in [1.165, 1.54) is 0 Å². The average Bonchev–Trinajstić information content (AvgIpc) is 2.39. The second-order valence-corrected chi connectivity index (χ2v) is 5.08. The van der Waals surface area contributed by atoms with Crippen molar-refractivity contribution in [2.45, 2.75) is 46.6 Å². The molecule has 0 saturated heterocycles. The molecule has 1 N–H and O–H groups in total. The van der Waals surface area contributed by atoms with Crippen LogP contribution in [0.2, 0.25) is 0 Å². The summed E-state index contributed by atoms with van der Waals surface area (Å²) >= 11 is 0. The Morgan fingerprint density at radius 3 is 2.53 bits per heavy atom. The molecule has 0 saturated carbocycles. The molecule has 0 aromatic heterocycles. The van der Waals surface area contributed by atoms with E-state index >= 15 is 0 Å². The molecular weight excluding hydrogens is 236 g/mol. The van der Waals surface area contributed by atoms with Gasteiger partial charge in [-0.2, -0.15) is 0 Å². The van der Waals surface area contributed by atoms with E-state index < -0.39 is 0 Å². The van der Waals surface area contributed by atoms with Crippen LogP contribution in [0.4, 0.5) is 5.69 Å². The van der Waals surface area contributed by atoms with Crippen LogP contribution < -0.4 is 5.32 Å². The van der Waals surface area contributed by atoms with Crippen LogP contribution in [0.15, 0.2) is 24.3 Å². The molecule has 106 valence electrons. The number of nitrogens with one attached hydrogen (secondary N) is 1. The van der Waals surface area contributed by atoms with Crippen molar-refractivity contribution >= 4 is 11.6 Å². The molecule has 0 atom stereocenters. The van der Waals surface area contributed by atoms with Crippen molar-refractivity contribution in [2.24, 2.45) is 0 Å². The van der Waals surface area contributed by atoms with Crippen molar-refractivity contribution in [1.29, 1.82) is 0 Å². The Bertz CT molecular complexity index is 401. The second-order valence-electron chi connectivity index (χ2n) is 5.08. The van der Waals surface area contributed by atoms with Gasteiger partial charge in [0.1, 0.15) is 0 Å². The van der Waals surface area contributed by atoms with E-state index in [1.54, 1.807) is 0 Å². The zero-order chi connectivity index (χ0) is 14.3. The molecule has 3 nitrogen and oxygen atoms in total. The van der Waals surface area contributed by atoms with Crippen LogP contribution in [0.5, 0.6) is 0 Å². The van der Waals surface area contributed by atoms with Crippen LogP contribution in [0.1, 0.15) is 50.9 Å². The molecule has 0 aliphatic carbocycles. The molecule has 0 bridgehead atoms. The molecule has 0 unspecified atom stereocenters.